The molecule has 0 aromatic rings. The van der Waals surface area contributed by atoms with Crippen LogP contribution in [0.25, 0.3) is 0 Å². The number of hydrogen-bond donors (Lipinski definition) is 2. The van der Waals surface area contributed by atoms with Crippen LogP contribution >= 0.6 is 0 Å². The first-order valence-electron chi connectivity index (χ1n) is 6.21. The maximum atomic E-state index is 10.8. The van der Waals surface area contributed by atoms with Crippen LogP contribution in [0.5, 0.6) is 0 Å². The van der Waals surface area contributed by atoms with Gasteiger partial charge in [-0.25, -0.2) is 9.59 Å². The summed E-state index contributed by atoms with van der Waals surface area (Å²) in [7, 11) is 0. The number of rotatable bonds is 4. The summed E-state index contributed by atoms with van der Waals surface area (Å²) in [5.74, 6) is -2.33. The van der Waals surface area contributed by atoms with E-state index in [1.807, 2.05) is 0 Å². The minimum atomic E-state index is -1.29. The summed E-state index contributed by atoms with van der Waals surface area (Å²) < 4.78 is 21.4. The average molecular weight is 300 g/mol. The van der Waals surface area contributed by atoms with Gasteiger partial charge in [0.25, 0.3) is 0 Å². The van der Waals surface area contributed by atoms with Gasteiger partial charge in [-0.2, -0.15) is 0 Å². The molecule has 2 N–H and O–H groups in total. The zero-order valence-corrected chi connectivity index (χ0v) is 11.2. The predicted molar refractivity (Wildman–Crippen MR) is 67.4 cm³/mol. The lowest BCUT2D eigenvalue weighted by molar-refractivity contribution is -0.288. The summed E-state index contributed by atoms with van der Waals surface area (Å²) in [4.78, 5) is 21.6. The van der Waals surface area contributed by atoms with Crippen LogP contribution < -0.4 is 0 Å². The van der Waals surface area contributed by atoms with Gasteiger partial charge in [-0.15, -0.1) is 0 Å². The Hall–Kier alpha value is -1.74. The van der Waals surface area contributed by atoms with E-state index < -0.39 is 23.0 Å². The first-order valence-corrected chi connectivity index (χ1v) is 6.21. The number of carbonyl (C=O) groups is 2. The van der Waals surface area contributed by atoms with Crippen LogP contribution in [0.3, 0.4) is 0 Å². The summed E-state index contributed by atoms with van der Waals surface area (Å²) in [5.41, 5.74) is -2.14. The Morgan fingerprint density at radius 2 is 1.33 bits per heavy atom. The van der Waals surface area contributed by atoms with Crippen molar-refractivity contribution in [2.75, 3.05) is 33.4 Å². The molecule has 0 aromatic carbocycles. The molecule has 0 aliphatic carbocycles. The third kappa shape index (κ3) is 3.30. The zero-order chi connectivity index (χ0) is 15.3. The van der Waals surface area contributed by atoms with Gasteiger partial charge in [-0.1, -0.05) is 0 Å². The Labute approximate surface area is 120 Å². The summed E-state index contributed by atoms with van der Waals surface area (Å²) in [6.45, 7) is 0.613. The van der Waals surface area contributed by atoms with Crippen LogP contribution in [0.1, 0.15) is 0 Å². The zero-order valence-electron chi connectivity index (χ0n) is 11.2. The second-order valence-corrected chi connectivity index (χ2v) is 4.84. The van der Waals surface area contributed by atoms with Gasteiger partial charge in [0, 0.05) is 12.2 Å². The minimum Gasteiger partial charge on any atom is -0.478 e. The molecule has 2 heterocycles. The molecule has 0 radical (unpaired) electrons. The van der Waals surface area contributed by atoms with Crippen LogP contribution in [0.15, 0.2) is 24.3 Å². The highest BCUT2D eigenvalue weighted by atomic mass is 16.7. The number of hydrogen-bond acceptors (Lipinski definition) is 6. The topological polar surface area (TPSA) is 112 Å². The Morgan fingerprint density at radius 3 is 1.81 bits per heavy atom. The fourth-order valence-corrected chi connectivity index (χ4v) is 2.42. The lowest BCUT2D eigenvalue weighted by Gasteiger charge is -2.50. The van der Waals surface area contributed by atoms with Crippen molar-refractivity contribution in [1.29, 1.82) is 0 Å². The van der Waals surface area contributed by atoms with E-state index in [4.69, 9.17) is 29.2 Å². The molecule has 2 aliphatic rings. The highest BCUT2D eigenvalue weighted by Crippen LogP contribution is 2.43. The van der Waals surface area contributed by atoms with Crippen molar-refractivity contribution in [2.45, 2.75) is 5.60 Å². The summed E-state index contributed by atoms with van der Waals surface area (Å²) in [6, 6.07) is 0. The van der Waals surface area contributed by atoms with Gasteiger partial charge in [0.15, 0.2) is 0 Å². The SMILES string of the molecule is O=C(O)C=CC1(C=CC(=O)O)OCOCC12COCOC2. The van der Waals surface area contributed by atoms with Gasteiger partial charge in [0.05, 0.1) is 25.2 Å². The van der Waals surface area contributed by atoms with E-state index >= 15 is 0 Å². The highest BCUT2D eigenvalue weighted by Gasteiger charge is 2.54. The van der Waals surface area contributed by atoms with Crippen LogP contribution in [0.4, 0.5) is 0 Å². The van der Waals surface area contributed by atoms with Gasteiger partial charge in [-0.3, -0.25) is 0 Å². The van der Waals surface area contributed by atoms with E-state index in [1.54, 1.807) is 0 Å². The normalized spacial score (nSPS) is 29.1. The predicted octanol–water partition coefficient (Wildman–Crippen LogP) is 0.00180. The maximum absolute atomic E-state index is 10.8. The second kappa shape index (κ2) is 6.35. The molecule has 21 heavy (non-hydrogen) atoms. The molecule has 0 aromatic heterocycles. The fourth-order valence-electron chi connectivity index (χ4n) is 2.42. The lowest BCUT2D eigenvalue weighted by Crippen LogP contribution is -2.61. The van der Waals surface area contributed by atoms with E-state index in [1.165, 1.54) is 12.2 Å². The van der Waals surface area contributed by atoms with Gasteiger partial charge in [-0.05, 0) is 12.2 Å². The average Bonchev–Trinajstić information content (AvgIpc) is 2.46. The molecule has 2 aliphatic heterocycles. The van der Waals surface area contributed by atoms with Crippen molar-refractivity contribution in [2.24, 2.45) is 5.41 Å². The van der Waals surface area contributed by atoms with E-state index in [0.29, 0.717) is 0 Å². The first-order chi connectivity index (χ1) is 10.00. The second-order valence-electron chi connectivity index (χ2n) is 4.84. The largest absolute Gasteiger partial charge is 0.478 e. The van der Waals surface area contributed by atoms with E-state index in [-0.39, 0.29) is 33.4 Å². The Balaban J connectivity index is 2.42. The maximum Gasteiger partial charge on any atom is 0.328 e. The molecule has 116 valence electrons. The monoisotopic (exact) mass is 300 g/mol. The molecule has 0 saturated carbocycles. The van der Waals surface area contributed by atoms with Crippen LogP contribution in [-0.2, 0) is 28.5 Å². The molecule has 2 rings (SSSR count). The molecule has 0 unspecified atom stereocenters. The summed E-state index contributed by atoms with van der Waals surface area (Å²) >= 11 is 0. The van der Waals surface area contributed by atoms with E-state index in [0.717, 1.165) is 12.2 Å². The third-order valence-corrected chi connectivity index (χ3v) is 3.46. The quantitative estimate of drug-likeness (QED) is 0.698. The Morgan fingerprint density at radius 1 is 0.857 bits per heavy atom. The Bertz CT molecular complexity index is 429. The van der Waals surface area contributed by atoms with Crippen molar-refractivity contribution in [1.82, 2.24) is 0 Å². The standard InChI is InChI=1S/C13H16O8/c14-10(15)1-3-13(4-2-11(16)17)12(7-20-9-21-13)5-18-8-19-6-12/h1-4H,5-9H2,(H,14,15)(H,16,17). The molecule has 2 saturated heterocycles. The number of aliphatic carboxylic acids is 2. The number of carboxylic acids is 2. The lowest BCUT2D eigenvalue weighted by atomic mass is 9.71. The molecule has 1 spiro atoms. The molecule has 8 heteroatoms. The number of carboxylic acid groups (broad SMARTS) is 2. The van der Waals surface area contributed by atoms with Gasteiger partial charge >= 0.3 is 11.9 Å². The molecule has 2 fully saturated rings. The van der Waals surface area contributed by atoms with Crippen molar-refractivity contribution in [3.63, 3.8) is 0 Å². The third-order valence-electron chi connectivity index (χ3n) is 3.46. The van der Waals surface area contributed by atoms with Crippen molar-refractivity contribution < 1.29 is 38.7 Å². The van der Waals surface area contributed by atoms with Gasteiger partial charge in [0.1, 0.15) is 19.2 Å². The molecular weight excluding hydrogens is 284 g/mol. The molecule has 0 bridgehead atoms. The smallest absolute Gasteiger partial charge is 0.328 e. The molecule has 0 atom stereocenters. The summed E-state index contributed by atoms with van der Waals surface area (Å²) in [5, 5.41) is 17.7. The van der Waals surface area contributed by atoms with E-state index in [2.05, 4.69) is 0 Å². The number of ether oxygens (including phenoxy) is 4. The van der Waals surface area contributed by atoms with E-state index in [9.17, 15) is 9.59 Å². The minimum absolute atomic E-state index is 0.0876. The van der Waals surface area contributed by atoms with Crippen LogP contribution in [0.2, 0.25) is 0 Å². The summed E-state index contributed by atoms with van der Waals surface area (Å²) in [6.07, 6.45) is 4.42. The van der Waals surface area contributed by atoms with Crippen LogP contribution in [0, 0.1) is 5.41 Å². The fraction of sp³-hybridized carbons (Fsp3) is 0.538. The van der Waals surface area contributed by atoms with Crippen LogP contribution in [-0.4, -0.2) is 61.2 Å². The first kappa shape index (κ1) is 15.6. The van der Waals surface area contributed by atoms with Gasteiger partial charge < -0.3 is 29.2 Å². The molecule has 0 amide bonds. The van der Waals surface area contributed by atoms with Crippen molar-refractivity contribution in [3.8, 4) is 0 Å². The van der Waals surface area contributed by atoms with Gasteiger partial charge in [0.2, 0.25) is 0 Å². The Kier molecular flexibility index (Phi) is 4.73. The highest BCUT2D eigenvalue weighted by molar-refractivity contribution is 5.81. The molecule has 8 nitrogen and oxygen atoms in total. The molecular formula is C13H16O8. The van der Waals surface area contributed by atoms with Crippen molar-refractivity contribution in [3.05, 3.63) is 24.3 Å². The van der Waals surface area contributed by atoms with Crippen molar-refractivity contribution >= 4 is 11.9 Å².